The van der Waals surface area contributed by atoms with E-state index in [2.05, 4.69) is 5.32 Å². The monoisotopic (exact) mass is 224 g/mol. The second-order valence-electron chi connectivity index (χ2n) is 3.99. The number of benzene rings is 1. The van der Waals surface area contributed by atoms with Crippen molar-refractivity contribution in [2.45, 2.75) is 18.8 Å². The molecule has 2 rings (SSSR count). The molecule has 0 fully saturated rings. The molecule has 1 aliphatic heterocycles. The third kappa shape index (κ3) is 1.43. The van der Waals surface area contributed by atoms with Gasteiger partial charge >= 0.3 is 0 Å². The van der Waals surface area contributed by atoms with E-state index in [9.17, 15) is 4.79 Å². The number of carbonyl (C=O) groups excluding carboxylic acids is 1. The Balaban J connectivity index is 2.55. The summed E-state index contributed by atoms with van der Waals surface area (Å²) >= 11 is 6.02. The number of para-hydroxylation sites is 1. The van der Waals surface area contributed by atoms with Crippen molar-refractivity contribution in [2.75, 3.05) is 11.9 Å². The Morgan fingerprint density at radius 1 is 1.53 bits per heavy atom. The maximum atomic E-state index is 11.9. The number of fused-ring (bicyclic) bond motifs is 1. The molecule has 0 bridgehead atoms. The van der Waals surface area contributed by atoms with Crippen LogP contribution in [-0.4, -0.2) is 12.5 Å². The second-order valence-corrected chi connectivity index (χ2v) is 4.39. The number of anilines is 1. The van der Waals surface area contributed by atoms with E-state index in [4.69, 9.17) is 17.3 Å². The van der Waals surface area contributed by atoms with Gasteiger partial charge in [-0.1, -0.05) is 23.7 Å². The quantitative estimate of drug-likeness (QED) is 0.806. The third-order valence-corrected chi connectivity index (χ3v) is 3.31. The number of amides is 1. The van der Waals surface area contributed by atoms with Gasteiger partial charge in [0.25, 0.3) is 0 Å². The molecule has 1 aromatic rings. The van der Waals surface area contributed by atoms with E-state index >= 15 is 0 Å². The zero-order chi connectivity index (χ0) is 11.1. The van der Waals surface area contributed by atoms with Gasteiger partial charge in [0, 0.05) is 0 Å². The smallest absolute Gasteiger partial charge is 0.234 e. The fourth-order valence-electron chi connectivity index (χ4n) is 2.02. The van der Waals surface area contributed by atoms with E-state index in [0.29, 0.717) is 18.0 Å². The minimum atomic E-state index is -0.533. The van der Waals surface area contributed by atoms with Crippen molar-refractivity contribution in [3.8, 4) is 0 Å². The van der Waals surface area contributed by atoms with Crippen LogP contribution in [0.15, 0.2) is 18.2 Å². The minimum absolute atomic E-state index is 0.0175. The molecule has 0 aromatic heterocycles. The number of hydrogen-bond acceptors (Lipinski definition) is 2. The first-order chi connectivity index (χ1) is 7.09. The summed E-state index contributed by atoms with van der Waals surface area (Å²) in [6, 6.07) is 5.56. The number of nitrogens with one attached hydrogen (secondary N) is 1. The van der Waals surface area contributed by atoms with Crippen molar-refractivity contribution in [1.29, 1.82) is 0 Å². The Kier molecular flexibility index (Phi) is 2.44. The first-order valence-electron chi connectivity index (χ1n) is 4.90. The van der Waals surface area contributed by atoms with E-state index in [1.165, 1.54) is 0 Å². The van der Waals surface area contributed by atoms with Crippen molar-refractivity contribution in [2.24, 2.45) is 5.73 Å². The molecule has 80 valence electrons. The summed E-state index contributed by atoms with van der Waals surface area (Å²) in [5.74, 6) is -0.0175. The maximum absolute atomic E-state index is 11.9. The normalized spacial score (nSPS) is 23.8. The summed E-state index contributed by atoms with van der Waals surface area (Å²) in [5.41, 5.74) is 6.69. The number of halogens is 1. The number of hydrogen-bond donors (Lipinski definition) is 2. The van der Waals surface area contributed by atoms with E-state index in [1.807, 2.05) is 19.1 Å². The van der Waals surface area contributed by atoms with Crippen LogP contribution < -0.4 is 11.1 Å². The Bertz CT molecular complexity index is 419. The molecule has 1 unspecified atom stereocenters. The van der Waals surface area contributed by atoms with Gasteiger partial charge in [0.05, 0.1) is 16.1 Å². The highest BCUT2D eigenvalue weighted by molar-refractivity contribution is 6.34. The minimum Gasteiger partial charge on any atom is -0.330 e. The van der Waals surface area contributed by atoms with Crippen LogP contribution in [0.5, 0.6) is 0 Å². The largest absolute Gasteiger partial charge is 0.330 e. The van der Waals surface area contributed by atoms with Gasteiger partial charge in [0.2, 0.25) is 5.91 Å². The lowest BCUT2D eigenvalue weighted by molar-refractivity contribution is -0.120. The fraction of sp³-hybridized carbons (Fsp3) is 0.364. The van der Waals surface area contributed by atoms with Crippen LogP contribution in [0.2, 0.25) is 5.02 Å². The van der Waals surface area contributed by atoms with Gasteiger partial charge in [-0.3, -0.25) is 4.79 Å². The topological polar surface area (TPSA) is 55.1 Å². The SMILES string of the molecule is CC1(CCN)C(=O)Nc2c(Cl)cccc21. The first-order valence-corrected chi connectivity index (χ1v) is 5.28. The molecule has 1 atom stereocenters. The highest BCUT2D eigenvalue weighted by Crippen LogP contribution is 2.42. The number of rotatable bonds is 2. The number of nitrogens with two attached hydrogens (primary N) is 1. The molecule has 0 radical (unpaired) electrons. The molecule has 15 heavy (non-hydrogen) atoms. The lowest BCUT2D eigenvalue weighted by atomic mass is 9.81. The average Bonchev–Trinajstić information content (AvgIpc) is 2.44. The predicted molar refractivity (Wildman–Crippen MR) is 61.1 cm³/mol. The molecule has 1 heterocycles. The summed E-state index contributed by atoms with van der Waals surface area (Å²) < 4.78 is 0. The molecule has 3 nitrogen and oxygen atoms in total. The van der Waals surface area contributed by atoms with Gasteiger partial charge in [0.15, 0.2) is 0 Å². The molecule has 1 aromatic carbocycles. The van der Waals surface area contributed by atoms with Gasteiger partial charge in [-0.2, -0.15) is 0 Å². The Morgan fingerprint density at radius 2 is 2.27 bits per heavy atom. The van der Waals surface area contributed by atoms with E-state index in [-0.39, 0.29) is 5.91 Å². The van der Waals surface area contributed by atoms with Gasteiger partial charge in [-0.25, -0.2) is 0 Å². The van der Waals surface area contributed by atoms with E-state index in [0.717, 1.165) is 11.3 Å². The van der Waals surface area contributed by atoms with Crippen LogP contribution >= 0.6 is 11.6 Å². The summed E-state index contributed by atoms with van der Waals surface area (Å²) in [5, 5.41) is 3.40. The van der Waals surface area contributed by atoms with Crippen LogP contribution in [0.25, 0.3) is 0 Å². The molecule has 0 saturated heterocycles. The van der Waals surface area contributed by atoms with Gasteiger partial charge in [-0.05, 0) is 31.5 Å². The maximum Gasteiger partial charge on any atom is 0.234 e. The lowest BCUT2D eigenvalue weighted by Gasteiger charge is -2.20. The highest BCUT2D eigenvalue weighted by Gasteiger charge is 2.42. The summed E-state index contributed by atoms with van der Waals surface area (Å²) in [6.45, 7) is 2.38. The lowest BCUT2D eigenvalue weighted by Crippen LogP contribution is -2.33. The standard InChI is InChI=1S/C11H13ClN2O/c1-11(5-6-13)7-3-2-4-8(12)9(7)14-10(11)15/h2-4H,5-6,13H2,1H3,(H,14,15). The highest BCUT2D eigenvalue weighted by atomic mass is 35.5. The van der Waals surface area contributed by atoms with Gasteiger partial charge in [0.1, 0.15) is 0 Å². The summed E-state index contributed by atoms with van der Waals surface area (Å²) in [4.78, 5) is 11.9. The van der Waals surface area contributed by atoms with Crippen molar-refractivity contribution < 1.29 is 4.79 Å². The Morgan fingerprint density at radius 3 is 2.93 bits per heavy atom. The van der Waals surface area contributed by atoms with Crippen LogP contribution in [0, 0.1) is 0 Å². The van der Waals surface area contributed by atoms with Crippen LogP contribution in [-0.2, 0) is 10.2 Å². The molecule has 0 spiro atoms. The molecule has 0 saturated carbocycles. The fourth-order valence-corrected chi connectivity index (χ4v) is 2.24. The van der Waals surface area contributed by atoms with Crippen LogP contribution in [0.1, 0.15) is 18.9 Å². The molecule has 1 amide bonds. The molecule has 0 aliphatic carbocycles. The van der Waals surface area contributed by atoms with Crippen molar-refractivity contribution in [3.05, 3.63) is 28.8 Å². The van der Waals surface area contributed by atoms with Crippen molar-refractivity contribution in [3.63, 3.8) is 0 Å². The van der Waals surface area contributed by atoms with Crippen molar-refractivity contribution in [1.82, 2.24) is 0 Å². The molecular weight excluding hydrogens is 212 g/mol. The zero-order valence-corrected chi connectivity index (χ0v) is 9.27. The second kappa shape index (κ2) is 3.51. The zero-order valence-electron chi connectivity index (χ0n) is 8.51. The van der Waals surface area contributed by atoms with Crippen molar-refractivity contribution >= 4 is 23.2 Å². The van der Waals surface area contributed by atoms with E-state index in [1.54, 1.807) is 6.07 Å². The first kappa shape index (κ1) is 10.5. The van der Waals surface area contributed by atoms with Gasteiger partial charge in [-0.15, -0.1) is 0 Å². The predicted octanol–water partition coefficient (Wildman–Crippen LogP) is 1.90. The molecule has 1 aliphatic rings. The Hall–Kier alpha value is -1.06. The summed E-state index contributed by atoms with van der Waals surface area (Å²) in [6.07, 6.45) is 0.631. The molecule has 3 N–H and O–H groups in total. The average molecular weight is 225 g/mol. The molecular formula is C11H13ClN2O. The number of carbonyl (C=O) groups is 1. The third-order valence-electron chi connectivity index (χ3n) is 2.99. The summed E-state index contributed by atoms with van der Waals surface area (Å²) in [7, 11) is 0. The van der Waals surface area contributed by atoms with E-state index < -0.39 is 5.41 Å². The van der Waals surface area contributed by atoms with Crippen LogP contribution in [0.3, 0.4) is 0 Å². The Labute approximate surface area is 93.6 Å². The van der Waals surface area contributed by atoms with Gasteiger partial charge < -0.3 is 11.1 Å². The van der Waals surface area contributed by atoms with Crippen LogP contribution in [0.4, 0.5) is 5.69 Å². The molecule has 4 heteroatoms.